The van der Waals surface area contributed by atoms with Gasteiger partial charge >= 0.3 is 6.09 Å². The molecule has 1 atom stereocenters. The van der Waals surface area contributed by atoms with Crippen molar-refractivity contribution in [2.45, 2.75) is 19.9 Å². The smallest absolute Gasteiger partial charge is 0.407 e. The highest BCUT2D eigenvalue weighted by molar-refractivity contribution is 9.10. The van der Waals surface area contributed by atoms with Crippen molar-refractivity contribution in [3.63, 3.8) is 0 Å². The van der Waals surface area contributed by atoms with Gasteiger partial charge in [-0.25, -0.2) is 9.18 Å². The molecular weight excluding hydrogens is 289 g/mol. The van der Waals surface area contributed by atoms with Crippen LogP contribution in [-0.4, -0.2) is 12.7 Å². The lowest BCUT2D eigenvalue weighted by atomic mass is 9.80. The first-order valence-corrected chi connectivity index (χ1v) is 6.08. The number of benzene rings is 1. The van der Waals surface area contributed by atoms with E-state index in [1.54, 1.807) is 12.1 Å². The van der Waals surface area contributed by atoms with Gasteiger partial charge in [-0.05, 0) is 33.6 Å². The van der Waals surface area contributed by atoms with Crippen LogP contribution in [0.3, 0.4) is 0 Å². The molecule has 1 aliphatic heterocycles. The lowest BCUT2D eigenvalue weighted by Gasteiger charge is -2.38. The molecule has 0 saturated carbocycles. The molecule has 0 spiro atoms. The van der Waals surface area contributed by atoms with E-state index in [-0.39, 0.29) is 17.3 Å². The summed E-state index contributed by atoms with van der Waals surface area (Å²) in [7, 11) is 0. The highest BCUT2D eigenvalue weighted by Crippen LogP contribution is 2.37. The predicted molar refractivity (Wildman–Crippen MR) is 65.1 cm³/mol. The molecule has 5 heteroatoms. The largest absolute Gasteiger partial charge is 0.449 e. The zero-order valence-corrected chi connectivity index (χ0v) is 11.2. The quantitative estimate of drug-likeness (QED) is 0.863. The summed E-state index contributed by atoms with van der Waals surface area (Å²) in [5.41, 5.74) is 0.473. The number of amides is 1. The predicted octanol–water partition coefficient (Wildman–Crippen LogP) is 3.40. The van der Waals surface area contributed by atoms with Crippen LogP contribution in [0.4, 0.5) is 9.18 Å². The summed E-state index contributed by atoms with van der Waals surface area (Å²) in [6.45, 7) is 4.26. The van der Waals surface area contributed by atoms with Gasteiger partial charge in [0.15, 0.2) is 0 Å². The Bertz CT molecular complexity index is 462. The first kappa shape index (κ1) is 12.4. The van der Waals surface area contributed by atoms with Gasteiger partial charge in [0.2, 0.25) is 0 Å². The second kappa shape index (κ2) is 4.29. The molecule has 3 nitrogen and oxygen atoms in total. The Balaban J connectivity index is 2.36. The molecule has 17 heavy (non-hydrogen) atoms. The molecule has 1 aromatic carbocycles. The summed E-state index contributed by atoms with van der Waals surface area (Å²) in [6.07, 6.45) is -0.461. The zero-order valence-electron chi connectivity index (χ0n) is 9.59. The van der Waals surface area contributed by atoms with E-state index in [4.69, 9.17) is 4.74 Å². The Kier molecular flexibility index (Phi) is 3.12. The number of carbonyl (C=O) groups is 1. The van der Waals surface area contributed by atoms with Crippen molar-refractivity contribution in [1.82, 2.24) is 5.32 Å². The monoisotopic (exact) mass is 301 g/mol. The highest BCUT2D eigenvalue weighted by atomic mass is 79.9. The van der Waals surface area contributed by atoms with E-state index >= 15 is 0 Å². The van der Waals surface area contributed by atoms with Crippen LogP contribution in [0.15, 0.2) is 22.7 Å². The van der Waals surface area contributed by atoms with Crippen LogP contribution in [0.2, 0.25) is 0 Å². The molecule has 1 heterocycles. The molecule has 1 N–H and O–H groups in total. The van der Waals surface area contributed by atoms with E-state index in [0.717, 1.165) is 5.56 Å². The van der Waals surface area contributed by atoms with Crippen molar-refractivity contribution >= 4 is 22.0 Å². The fourth-order valence-corrected chi connectivity index (χ4v) is 2.16. The van der Waals surface area contributed by atoms with Crippen LogP contribution in [0.1, 0.15) is 25.5 Å². The molecule has 92 valence electrons. The molecule has 0 aromatic heterocycles. The van der Waals surface area contributed by atoms with Gasteiger partial charge in [0.05, 0.1) is 10.5 Å². The zero-order chi connectivity index (χ0) is 12.6. The van der Waals surface area contributed by atoms with Gasteiger partial charge in [-0.1, -0.05) is 19.9 Å². The molecule has 0 unspecified atom stereocenters. The summed E-state index contributed by atoms with van der Waals surface area (Å²) in [5.74, 6) is -0.334. The third kappa shape index (κ3) is 2.44. The van der Waals surface area contributed by atoms with E-state index < -0.39 is 6.09 Å². The Hall–Kier alpha value is -1.10. The van der Waals surface area contributed by atoms with Gasteiger partial charge in [0, 0.05) is 5.41 Å². The molecule has 1 aliphatic rings. The Morgan fingerprint density at radius 3 is 2.88 bits per heavy atom. The number of carbonyl (C=O) groups excluding carboxylic acids is 1. The molecule has 1 amide bonds. The minimum Gasteiger partial charge on any atom is -0.449 e. The summed E-state index contributed by atoms with van der Waals surface area (Å²) in [5, 5.41) is 2.73. The van der Waals surface area contributed by atoms with Gasteiger partial charge in [-0.15, -0.1) is 0 Å². The topological polar surface area (TPSA) is 38.3 Å². The van der Waals surface area contributed by atoms with E-state index in [0.29, 0.717) is 11.1 Å². The number of ether oxygens (including phenoxy) is 1. The maximum Gasteiger partial charge on any atom is 0.407 e. The van der Waals surface area contributed by atoms with Crippen molar-refractivity contribution in [2.24, 2.45) is 5.41 Å². The minimum absolute atomic E-state index is 0.244. The number of cyclic esters (lactones) is 1. The lowest BCUT2D eigenvalue weighted by Crippen LogP contribution is -2.46. The Morgan fingerprint density at radius 1 is 1.53 bits per heavy atom. The molecule has 0 aliphatic carbocycles. The van der Waals surface area contributed by atoms with E-state index in [9.17, 15) is 9.18 Å². The van der Waals surface area contributed by atoms with Crippen molar-refractivity contribution in [1.29, 1.82) is 0 Å². The van der Waals surface area contributed by atoms with Crippen molar-refractivity contribution in [2.75, 3.05) is 6.61 Å². The SMILES string of the molecule is CC1(C)COC(=O)N[C@@H]1c1ccc(Br)c(F)c1. The van der Waals surface area contributed by atoms with E-state index in [2.05, 4.69) is 21.2 Å². The van der Waals surface area contributed by atoms with Gasteiger partial charge < -0.3 is 10.1 Å². The maximum absolute atomic E-state index is 13.5. The second-order valence-corrected chi connectivity index (χ2v) is 5.67. The Morgan fingerprint density at radius 2 is 2.24 bits per heavy atom. The summed E-state index contributed by atoms with van der Waals surface area (Å²) < 4.78 is 18.9. The van der Waals surface area contributed by atoms with Crippen LogP contribution in [0.25, 0.3) is 0 Å². The summed E-state index contributed by atoms with van der Waals surface area (Å²) in [4.78, 5) is 11.3. The average Bonchev–Trinajstić information content (AvgIpc) is 2.26. The van der Waals surface area contributed by atoms with Gasteiger partial charge in [-0.3, -0.25) is 0 Å². The number of alkyl carbamates (subject to hydrolysis) is 1. The van der Waals surface area contributed by atoms with Crippen LogP contribution in [0.5, 0.6) is 0 Å². The third-order valence-corrected chi connectivity index (χ3v) is 3.54. The van der Waals surface area contributed by atoms with Crippen molar-refractivity contribution < 1.29 is 13.9 Å². The molecule has 1 saturated heterocycles. The second-order valence-electron chi connectivity index (χ2n) is 4.82. The molecule has 1 fully saturated rings. The van der Waals surface area contributed by atoms with Crippen LogP contribution < -0.4 is 5.32 Å². The van der Waals surface area contributed by atoms with Gasteiger partial charge in [0.1, 0.15) is 12.4 Å². The summed E-state index contributed by atoms with van der Waals surface area (Å²) >= 11 is 3.11. The van der Waals surface area contributed by atoms with Gasteiger partial charge in [-0.2, -0.15) is 0 Å². The maximum atomic E-state index is 13.5. The number of nitrogens with one attached hydrogen (secondary N) is 1. The fourth-order valence-electron chi connectivity index (χ4n) is 1.92. The Labute approximate surface area is 107 Å². The first-order chi connectivity index (χ1) is 7.90. The lowest BCUT2D eigenvalue weighted by molar-refractivity contribution is 0.0386. The number of rotatable bonds is 1. The average molecular weight is 302 g/mol. The van der Waals surface area contributed by atoms with Crippen molar-refractivity contribution in [3.05, 3.63) is 34.1 Å². The molecular formula is C12H13BrFNO2. The molecule has 0 bridgehead atoms. The number of hydrogen-bond donors (Lipinski definition) is 1. The fraction of sp³-hybridized carbons (Fsp3) is 0.417. The first-order valence-electron chi connectivity index (χ1n) is 5.28. The van der Waals surface area contributed by atoms with Crippen LogP contribution in [-0.2, 0) is 4.74 Å². The van der Waals surface area contributed by atoms with Crippen LogP contribution in [0, 0.1) is 11.2 Å². The van der Waals surface area contributed by atoms with E-state index in [1.807, 2.05) is 13.8 Å². The van der Waals surface area contributed by atoms with Crippen LogP contribution >= 0.6 is 15.9 Å². The standard InChI is InChI=1S/C12H13BrFNO2/c1-12(2)6-17-11(16)15-10(12)7-3-4-8(13)9(14)5-7/h3-5,10H,6H2,1-2H3,(H,15,16)/t10-/m1/s1. The molecule has 0 radical (unpaired) electrons. The normalized spacial score (nSPS) is 22.8. The molecule has 2 rings (SSSR count). The minimum atomic E-state index is -0.461. The number of hydrogen-bond acceptors (Lipinski definition) is 2. The number of halogens is 2. The van der Waals surface area contributed by atoms with E-state index in [1.165, 1.54) is 6.07 Å². The third-order valence-electron chi connectivity index (χ3n) is 2.90. The van der Waals surface area contributed by atoms with Gasteiger partial charge in [0.25, 0.3) is 0 Å². The van der Waals surface area contributed by atoms with Crippen molar-refractivity contribution in [3.8, 4) is 0 Å². The summed E-state index contributed by atoms with van der Waals surface area (Å²) in [6, 6.07) is 4.63. The highest BCUT2D eigenvalue weighted by Gasteiger charge is 2.38. The molecule has 1 aromatic rings.